The van der Waals surface area contributed by atoms with Gasteiger partial charge in [-0.2, -0.15) is 11.3 Å². The highest BCUT2D eigenvalue weighted by Crippen LogP contribution is 2.26. The zero-order valence-electron chi connectivity index (χ0n) is 12.9. The molecule has 0 atom stereocenters. The summed E-state index contributed by atoms with van der Waals surface area (Å²) >= 11 is 4.91. The van der Waals surface area contributed by atoms with Crippen molar-refractivity contribution in [3.8, 4) is 10.6 Å². The molecule has 0 unspecified atom stereocenters. The maximum Gasteiger partial charge on any atom is 0.228 e. The van der Waals surface area contributed by atoms with Gasteiger partial charge in [0.15, 0.2) is 5.13 Å². The summed E-state index contributed by atoms with van der Waals surface area (Å²) in [6.45, 7) is 3.19. The molecule has 0 aromatic carbocycles. The molecule has 0 saturated carbocycles. The van der Waals surface area contributed by atoms with E-state index < -0.39 is 0 Å². The van der Waals surface area contributed by atoms with Gasteiger partial charge in [0.1, 0.15) is 5.01 Å². The molecule has 0 spiro atoms. The first-order valence-corrected chi connectivity index (χ1v) is 10.4. The normalized spacial score (nSPS) is 15.0. The van der Waals surface area contributed by atoms with Crippen LogP contribution in [0.3, 0.4) is 0 Å². The molecular weight excluding hydrogens is 360 g/mol. The van der Waals surface area contributed by atoms with E-state index in [9.17, 15) is 4.79 Å². The molecule has 0 bridgehead atoms. The third-order valence-electron chi connectivity index (χ3n) is 3.97. The number of carbonyl (C=O) groups is 1. The van der Waals surface area contributed by atoms with Crippen LogP contribution in [0.15, 0.2) is 33.8 Å². The number of anilines is 1. The van der Waals surface area contributed by atoms with E-state index in [0.29, 0.717) is 6.42 Å². The quantitative estimate of drug-likeness (QED) is 0.701. The number of rotatable bonds is 4. The molecule has 3 aromatic rings. The summed E-state index contributed by atoms with van der Waals surface area (Å²) in [6, 6.07) is 2.06. The number of nitrogens with zero attached hydrogens (tertiary/aromatic N) is 4. The van der Waals surface area contributed by atoms with Crippen molar-refractivity contribution in [1.82, 2.24) is 14.9 Å². The second-order valence-corrected chi connectivity index (χ2v) is 8.03. The average Bonchev–Trinajstić information content (AvgIpc) is 3.36. The minimum atomic E-state index is 0.163. The van der Waals surface area contributed by atoms with Crippen LogP contribution in [-0.4, -0.2) is 47.0 Å². The van der Waals surface area contributed by atoms with Crippen molar-refractivity contribution in [2.24, 2.45) is 0 Å². The number of carbonyl (C=O) groups excluding carboxylic acids is 1. The fourth-order valence-corrected chi connectivity index (χ4v) is 4.92. The Morgan fingerprint density at radius 2 is 2.00 bits per heavy atom. The molecule has 3 aromatic heterocycles. The van der Waals surface area contributed by atoms with Crippen molar-refractivity contribution in [3.63, 3.8) is 0 Å². The maximum atomic E-state index is 12.5. The molecule has 24 heavy (non-hydrogen) atoms. The lowest BCUT2D eigenvalue weighted by atomic mass is 10.2. The fourth-order valence-electron chi connectivity index (χ4n) is 2.69. The Labute approximate surface area is 152 Å². The smallest absolute Gasteiger partial charge is 0.228 e. The van der Waals surface area contributed by atoms with E-state index in [1.165, 1.54) is 0 Å². The highest BCUT2D eigenvalue weighted by molar-refractivity contribution is 7.14. The molecule has 0 radical (unpaired) electrons. The number of aromatic nitrogens is 2. The molecule has 1 aliphatic rings. The average molecular weight is 377 g/mol. The third kappa shape index (κ3) is 3.35. The van der Waals surface area contributed by atoms with Crippen molar-refractivity contribution in [2.75, 3.05) is 31.1 Å². The minimum absolute atomic E-state index is 0.163. The molecule has 0 aliphatic carbocycles. The van der Waals surface area contributed by atoms with Crippen LogP contribution in [-0.2, 0) is 11.2 Å². The Bertz CT molecular complexity index is 789. The first-order chi connectivity index (χ1) is 11.8. The minimum Gasteiger partial charge on any atom is -0.345 e. The van der Waals surface area contributed by atoms with Gasteiger partial charge >= 0.3 is 0 Å². The lowest BCUT2D eigenvalue weighted by Crippen LogP contribution is -2.49. The fraction of sp³-hybridized carbons (Fsp3) is 0.312. The van der Waals surface area contributed by atoms with E-state index in [1.807, 2.05) is 27.2 Å². The zero-order valence-corrected chi connectivity index (χ0v) is 15.4. The second-order valence-electron chi connectivity index (χ2n) is 5.52. The predicted octanol–water partition coefficient (Wildman–Crippen LogP) is 3.22. The molecule has 4 rings (SSSR count). The monoisotopic (exact) mass is 376 g/mol. The Balaban J connectivity index is 1.34. The van der Waals surface area contributed by atoms with E-state index in [2.05, 4.69) is 26.3 Å². The third-order valence-corrected chi connectivity index (χ3v) is 6.43. The molecule has 5 nitrogen and oxygen atoms in total. The van der Waals surface area contributed by atoms with Crippen LogP contribution in [0.25, 0.3) is 10.6 Å². The van der Waals surface area contributed by atoms with E-state index in [1.54, 1.807) is 34.0 Å². The summed E-state index contributed by atoms with van der Waals surface area (Å²) in [4.78, 5) is 25.6. The maximum absolute atomic E-state index is 12.5. The van der Waals surface area contributed by atoms with Crippen LogP contribution < -0.4 is 4.90 Å². The van der Waals surface area contributed by atoms with Crippen molar-refractivity contribution in [2.45, 2.75) is 6.42 Å². The Morgan fingerprint density at radius 3 is 2.71 bits per heavy atom. The van der Waals surface area contributed by atoms with E-state index in [0.717, 1.165) is 47.6 Å². The molecule has 1 fully saturated rings. The standard InChI is InChI=1S/C16H16N4OS3/c21-14(9-13-11-24-15(18-13)12-1-7-22-10-12)19-3-5-20(6-4-19)16-17-2-8-23-16/h1-2,7-8,10-11H,3-6,9H2. The summed E-state index contributed by atoms with van der Waals surface area (Å²) in [5.74, 6) is 0.163. The summed E-state index contributed by atoms with van der Waals surface area (Å²) in [6.07, 6.45) is 2.21. The van der Waals surface area contributed by atoms with Crippen LogP contribution >= 0.6 is 34.0 Å². The molecule has 4 heterocycles. The molecule has 124 valence electrons. The summed E-state index contributed by atoms with van der Waals surface area (Å²) in [5, 5.41) is 10.2. The number of amides is 1. The zero-order chi connectivity index (χ0) is 16.4. The molecular formula is C16H16N4OS3. The number of thiazole rings is 2. The summed E-state index contributed by atoms with van der Waals surface area (Å²) in [5.41, 5.74) is 2.01. The van der Waals surface area contributed by atoms with Gasteiger partial charge in [-0.1, -0.05) is 0 Å². The van der Waals surface area contributed by atoms with Crippen LogP contribution in [0.4, 0.5) is 5.13 Å². The van der Waals surface area contributed by atoms with Gasteiger partial charge in [0.2, 0.25) is 5.91 Å². The second kappa shape index (κ2) is 7.00. The Kier molecular flexibility index (Phi) is 4.59. The van der Waals surface area contributed by atoms with Gasteiger partial charge in [0, 0.05) is 54.1 Å². The van der Waals surface area contributed by atoms with E-state index in [-0.39, 0.29) is 5.91 Å². The van der Waals surface area contributed by atoms with Gasteiger partial charge in [0.25, 0.3) is 0 Å². The highest BCUT2D eigenvalue weighted by atomic mass is 32.1. The van der Waals surface area contributed by atoms with Gasteiger partial charge in [-0.15, -0.1) is 22.7 Å². The molecule has 1 amide bonds. The molecule has 0 N–H and O–H groups in total. The first-order valence-electron chi connectivity index (χ1n) is 7.69. The molecule has 8 heteroatoms. The SMILES string of the molecule is O=C(Cc1csc(-c2ccsc2)n1)N1CCN(c2nccs2)CC1. The number of piperazine rings is 1. The topological polar surface area (TPSA) is 49.3 Å². The highest BCUT2D eigenvalue weighted by Gasteiger charge is 2.23. The van der Waals surface area contributed by atoms with Crippen molar-refractivity contribution in [3.05, 3.63) is 39.5 Å². The van der Waals surface area contributed by atoms with E-state index in [4.69, 9.17) is 0 Å². The Hall–Kier alpha value is -1.77. The van der Waals surface area contributed by atoms with Crippen LogP contribution in [0.1, 0.15) is 5.69 Å². The lowest BCUT2D eigenvalue weighted by molar-refractivity contribution is -0.130. The van der Waals surface area contributed by atoms with Gasteiger partial charge in [0.05, 0.1) is 12.1 Å². The summed E-state index contributed by atoms with van der Waals surface area (Å²) < 4.78 is 0. The van der Waals surface area contributed by atoms with Crippen LogP contribution in [0, 0.1) is 0 Å². The Morgan fingerprint density at radius 1 is 1.12 bits per heavy atom. The lowest BCUT2D eigenvalue weighted by Gasteiger charge is -2.34. The predicted molar refractivity (Wildman–Crippen MR) is 100 cm³/mol. The summed E-state index contributed by atoms with van der Waals surface area (Å²) in [7, 11) is 0. The van der Waals surface area contributed by atoms with Gasteiger partial charge in [-0.05, 0) is 11.4 Å². The van der Waals surface area contributed by atoms with Crippen molar-refractivity contribution >= 4 is 45.0 Å². The van der Waals surface area contributed by atoms with Crippen LogP contribution in [0.2, 0.25) is 0 Å². The van der Waals surface area contributed by atoms with E-state index >= 15 is 0 Å². The van der Waals surface area contributed by atoms with Gasteiger partial charge in [-0.3, -0.25) is 4.79 Å². The molecule has 1 aliphatic heterocycles. The van der Waals surface area contributed by atoms with Crippen LogP contribution in [0.5, 0.6) is 0 Å². The van der Waals surface area contributed by atoms with Crippen molar-refractivity contribution < 1.29 is 4.79 Å². The largest absolute Gasteiger partial charge is 0.345 e. The van der Waals surface area contributed by atoms with Gasteiger partial charge < -0.3 is 9.80 Å². The molecule has 1 saturated heterocycles. The van der Waals surface area contributed by atoms with Crippen molar-refractivity contribution in [1.29, 1.82) is 0 Å². The van der Waals surface area contributed by atoms with Gasteiger partial charge in [-0.25, -0.2) is 9.97 Å². The number of hydrogen-bond donors (Lipinski definition) is 0. The number of thiophene rings is 1. The number of hydrogen-bond acceptors (Lipinski definition) is 7. The first kappa shape index (κ1) is 15.7.